The topological polar surface area (TPSA) is 118 Å². The van der Waals surface area contributed by atoms with E-state index in [2.05, 4.69) is 10.3 Å². The van der Waals surface area contributed by atoms with Crippen LogP contribution in [0.2, 0.25) is 5.02 Å². The molecule has 0 spiro atoms. The fourth-order valence-electron chi connectivity index (χ4n) is 5.77. The number of aromatic nitrogens is 2. The lowest BCUT2D eigenvalue weighted by Crippen LogP contribution is -2.26. The first-order valence-electron chi connectivity index (χ1n) is 15.3. The van der Waals surface area contributed by atoms with Crippen LogP contribution in [0.4, 0.5) is 11.5 Å². The normalized spacial score (nSPS) is 13.3. The molecule has 3 aromatic carbocycles. The fraction of sp³-hybridized carbons (Fsp3) is 0.216. The van der Waals surface area contributed by atoms with Crippen LogP contribution in [-0.2, 0) is 11.3 Å². The minimum absolute atomic E-state index is 0.0599. The van der Waals surface area contributed by atoms with Crippen molar-refractivity contribution in [3.63, 3.8) is 0 Å². The Morgan fingerprint density at radius 3 is 2.26 bits per heavy atom. The van der Waals surface area contributed by atoms with Gasteiger partial charge >= 0.3 is 0 Å². The Kier molecular flexibility index (Phi) is 9.56. The minimum Gasteiger partial charge on any atom is -0.493 e. The van der Waals surface area contributed by atoms with Gasteiger partial charge in [0.15, 0.2) is 11.5 Å². The lowest BCUT2D eigenvalue weighted by atomic mass is 9.99. The quantitative estimate of drug-likeness (QED) is 0.174. The number of benzene rings is 3. The van der Waals surface area contributed by atoms with Gasteiger partial charge in [0.1, 0.15) is 11.4 Å². The largest absolute Gasteiger partial charge is 0.493 e. The van der Waals surface area contributed by atoms with Gasteiger partial charge in [-0.2, -0.15) is 0 Å². The second-order valence-electron chi connectivity index (χ2n) is 11.4. The van der Waals surface area contributed by atoms with Gasteiger partial charge in [0.2, 0.25) is 5.43 Å². The average molecular weight is 651 g/mol. The number of nitrogens with zero attached hydrogens (tertiary/aromatic N) is 2. The van der Waals surface area contributed by atoms with Crippen molar-refractivity contribution >= 4 is 29.0 Å². The van der Waals surface area contributed by atoms with Crippen LogP contribution in [0, 0.1) is 5.92 Å². The van der Waals surface area contributed by atoms with Gasteiger partial charge in [-0.05, 0) is 77.9 Å². The van der Waals surface area contributed by atoms with E-state index in [0.717, 1.165) is 35.1 Å². The lowest BCUT2D eigenvalue weighted by molar-refractivity contribution is 0.0612. The SMILES string of the molecule is COc1ccc(-c2cnc(N)c(-c3ccc(NC(=O)c4cn(CC5CCOCC5)cc(-c5ccc(Cl)cc5)c4=O)cc3)c2)cc1OC. The predicted octanol–water partition coefficient (Wildman–Crippen LogP) is 7.18. The number of nitrogen functional groups attached to an aromatic ring is 1. The molecule has 9 nitrogen and oxygen atoms in total. The monoisotopic (exact) mass is 650 g/mol. The van der Waals surface area contributed by atoms with E-state index < -0.39 is 5.91 Å². The van der Waals surface area contributed by atoms with Crippen molar-refractivity contribution in [3.8, 4) is 44.9 Å². The molecule has 3 N–H and O–H groups in total. The summed E-state index contributed by atoms with van der Waals surface area (Å²) < 4.78 is 18.3. The zero-order chi connectivity index (χ0) is 32.9. The molecule has 0 aliphatic carbocycles. The van der Waals surface area contributed by atoms with Crippen molar-refractivity contribution in [2.45, 2.75) is 19.4 Å². The standard InChI is InChI=1S/C37H35ClN4O5/c1-45-33-12-7-26(18-34(33)46-2)27-17-30(36(39)40-19-27)24-5-10-29(11-6-24)41-37(44)32-22-42(20-23-13-15-47-16-14-23)21-31(35(32)43)25-3-8-28(38)9-4-25/h3-12,17-19,21-23H,13-16,20H2,1-2H3,(H2,39,40)(H,41,44). The van der Waals surface area contributed by atoms with Crippen LogP contribution in [0.15, 0.2) is 96.2 Å². The molecule has 1 amide bonds. The van der Waals surface area contributed by atoms with E-state index in [4.69, 9.17) is 31.5 Å². The maximum atomic E-state index is 13.7. The molecule has 3 heterocycles. The second-order valence-corrected chi connectivity index (χ2v) is 11.9. The number of anilines is 2. The first-order chi connectivity index (χ1) is 22.8. The van der Waals surface area contributed by atoms with E-state index in [1.54, 1.807) is 63.0 Å². The molecule has 0 bridgehead atoms. The van der Waals surface area contributed by atoms with E-state index in [1.165, 1.54) is 0 Å². The number of pyridine rings is 2. The second kappa shape index (κ2) is 14.1. The molecule has 0 unspecified atom stereocenters. The van der Waals surface area contributed by atoms with E-state index >= 15 is 0 Å². The minimum atomic E-state index is -0.490. The summed E-state index contributed by atoms with van der Waals surface area (Å²) in [5.74, 6) is 1.51. The number of amides is 1. The van der Waals surface area contributed by atoms with Crippen molar-refractivity contribution in [3.05, 3.63) is 112 Å². The number of methoxy groups -OCH3 is 2. The van der Waals surface area contributed by atoms with E-state index in [9.17, 15) is 9.59 Å². The van der Waals surface area contributed by atoms with Gasteiger partial charge in [0, 0.05) is 65.7 Å². The molecule has 1 fully saturated rings. The number of carbonyl (C=O) groups excluding carboxylic acids is 1. The molecule has 0 saturated carbocycles. The summed E-state index contributed by atoms with van der Waals surface area (Å²) in [4.78, 5) is 31.7. The van der Waals surface area contributed by atoms with Crippen LogP contribution in [0.3, 0.4) is 0 Å². The zero-order valence-electron chi connectivity index (χ0n) is 26.2. The maximum absolute atomic E-state index is 13.7. The van der Waals surface area contributed by atoms with Crippen LogP contribution in [0.25, 0.3) is 33.4 Å². The van der Waals surface area contributed by atoms with Crippen molar-refractivity contribution in [2.75, 3.05) is 38.5 Å². The van der Waals surface area contributed by atoms with Crippen LogP contribution in [0.1, 0.15) is 23.2 Å². The molecule has 1 aliphatic heterocycles. The molecule has 240 valence electrons. The van der Waals surface area contributed by atoms with Crippen molar-refractivity contribution in [1.29, 1.82) is 0 Å². The van der Waals surface area contributed by atoms with Crippen LogP contribution in [0.5, 0.6) is 11.5 Å². The Hall–Kier alpha value is -5.12. The number of halogens is 1. The third kappa shape index (κ3) is 7.16. The average Bonchev–Trinajstić information content (AvgIpc) is 3.10. The van der Waals surface area contributed by atoms with Gasteiger partial charge in [0.25, 0.3) is 5.91 Å². The van der Waals surface area contributed by atoms with Crippen molar-refractivity contribution in [1.82, 2.24) is 9.55 Å². The molecular weight excluding hydrogens is 616 g/mol. The van der Waals surface area contributed by atoms with Crippen molar-refractivity contribution < 1.29 is 19.0 Å². The summed E-state index contributed by atoms with van der Waals surface area (Å²) in [7, 11) is 3.18. The molecule has 1 aliphatic rings. The third-order valence-corrected chi connectivity index (χ3v) is 8.63. The number of carbonyl (C=O) groups is 1. The Morgan fingerprint density at radius 1 is 0.894 bits per heavy atom. The summed E-state index contributed by atoms with van der Waals surface area (Å²) in [5, 5.41) is 3.47. The van der Waals surface area contributed by atoms with E-state index in [1.807, 2.05) is 47.2 Å². The first kappa shape index (κ1) is 31.8. The number of nitrogens with two attached hydrogens (primary N) is 1. The molecule has 10 heteroatoms. The predicted molar refractivity (Wildman–Crippen MR) is 185 cm³/mol. The van der Waals surface area contributed by atoms with Gasteiger partial charge in [-0.25, -0.2) is 4.98 Å². The lowest BCUT2D eigenvalue weighted by Gasteiger charge is -2.23. The van der Waals surface area contributed by atoms with Gasteiger partial charge < -0.3 is 29.8 Å². The molecule has 0 atom stereocenters. The number of rotatable bonds is 9. The third-order valence-electron chi connectivity index (χ3n) is 8.38. The summed E-state index contributed by atoms with van der Waals surface area (Å²) in [6.45, 7) is 2.10. The van der Waals surface area contributed by atoms with Gasteiger partial charge in [0.05, 0.1) is 14.2 Å². The number of nitrogens with one attached hydrogen (secondary N) is 1. The Bertz CT molecular complexity index is 1950. The molecule has 47 heavy (non-hydrogen) atoms. The Labute approximate surface area is 277 Å². The summed E-state index contributed by atoms with van der Waals surface area (Å²) in [6, 6.07) is 21.9. The van der Waals surface area contributed by atoms with Crippen LogP contribution in [-0.4, -0.2) is 42.9 Å². The highest BCUT2D eigenvalue weighted by molar-refractivity contribution is 6.30. The van der Waals surface area contributed by atoms with Crippen LogP contribution >= 0.6 is 11.6 Å². The molecule has 6 rings (SSSR count). The highest BCUT2D eigenvalue weighted by Gasteiger charge is 2.20. The summed E-state index contributed by atoms with van der Waals surface area (Å²) in [6.07, 6.45) is 7.02. The summed E-state index contributed by atoms with van der Waals surface area (Å²) >= 11 is 6.11. The van der Waals surface area contributed by atoms with Gasteiger partial charge in [-0.3, -0.25) is 9.59 Å². The van der Waals surface area contributed by atoms with Gasteiger partial charge in [-0.15, -0.1) is 0 Å². The molecule has 1 saturated heterocycles. The molecule has 5 aromatic rings. The smallest absolute Gasteiger partial charge is 0.261 e. The highest BCUT2D eigenvalue weighted by atomic mass is 35.5. The number of hydrogen-bond donors (Lipinski definition) is 2. The Balaban J connectivity index is 1.26. The Morgan fingerprint density at radius 2 is 1.55 bits per heavy atom. The zero-order valence-corrected chi connectivity index (χ0v) is 26.9. The molecule has 0 radical (unpaired) electrons. The van der Waals surface area contributed by atoms with Crippen LogP contribution < -0.4 is 26.0 Å². The number of ether oxygens (including phenoxy) is 3. The fourth-order valence-corrected chi connectivity index (χ4v) is 5.90. The first-order valence-corrected chi connectivity index (χ1v) is 15.7. The van der Waals surface area contributed by atoms with Gasteiger partial charge in [-0.1, -0.05) is 41.9 Å². The van der Waals surface area contributed by atoms with Crippen molar-refractivity contribution in [2.24, 2.45) is 5.92 Å². The summed E-state index contributed by atoms with van der Waals surface area (Å²) in [5.41, 5.74) is 11.0. The van der Waals surface area contributed by atoms with E-state index in [0.29, 0.717) is 64.8 Å². The molecule has 2 aromatic heterocycles. The molecular formula is C37H35ClN4O5. The van der Waals surface area contributed by atoms with E-state index in [-0.39, 0.29) is 11.0 Å². The highest BCUT2D eigenvalue weighted by Crippen LogP contribution is 2.35. The maximum Gasteiger partial charge on any atom is 0.261 e. The number of hydrogen-bond acceptors (Lipinski definition) is 7.